The van der Waals surface area contributed by atoms with E-state index in [2.05, 4.69) is 55.0 Å². The molecule has 0 bridgehead atoms. The van der Waals surface area contributed by atoms with Crippen molar-refractivity contribution in [3.05, 3.63) is 23.4 Å². The van der Waals surface area contributed by atoms with Gasteiger partial charge in [-0.05, 0) is 51.4 Å². The summed E-state index contributed by atoms with van der Waals surface area (Å²) in [7, 11) is 1.74. The Morgan fingerprint density at radius 1 is 1.35 bits per heavy atom. The van der Waals surface area contributed by atoms with E-state index in [0.29, 0.717) is 6.04 Å². The number of aromatic nitrogens is 1. The van der Waals surface area contributed by atoms with Gasteiger partial charge in [0.25, 0.3) is 0 Å². The van der Waals surface area contributed by atoms with Gasteiger partial charge in [-0.15, -0.1) is 0 Å². The summed E-state index contributed by atoms with van der Waals surface area (Å²) in [4.78, 5) is 6.97. The van der Waals surface area contributed by atoms with Crippen LogP contribution in [0, 0.1) is 6.92 Å². The zero-order chi connectivity index (χ0) is 15.0. The highest BCUT2D eigenvalue weighted by Crippen LogP contribution is 2.17. The first-order valence-corrected chi connectivity index (χ1v) is 7.52. The number of aryl methyl sites for hydroxylation is 1. The van der Waals surface area contributed by atoms with E-state index >= 15 is 0 Å². The molecule has 0 saturated carbocycles. The van der Waals surface area contributed by atoms with Crippen molar-refractivity contribution in [3.63, 3.8) is 0 Å². The number of hydrogen-bond acceptors (Lipinski definition) is 4. The molecular weight excluding hydrogens is 250 g/mol. The third kappa shape index (κ3) is 5.47. The molecule has 0 saturated heterocycles. The molecule has 114 valence electrons. The summed E-state index contributed by atoms with van der Waals surface area (Å²) in [6, 6.07) is 4.75. The molecule has 1 N–H and O–H groups in total. The van der Waals surface area contributed by atoms with Gasteiger partial charge in [-0.3, -0.25) is 0 Å². The van der Waals surface area contributed by atoms with E-state index in [1.54, 1.807) is 7.11 Å². The van der Waals surface area contributed by atoms with Crippen molar-refractivity contribution in [2.24, 2.45) is 0 Å². The van der Waals surface area contributed by atoms with Crippen LogP contribution in [0.25, 0.3) is 0 Å². The van der Waals surface area contributed by atoms with Gasteiger partial charge in [-0.2, -0.15) is 0 Å². The molecule has 4 nitrogen and oxygen atoms in total. The van der Waals surface area contributed by atoms with Crippen molar-refractivity contribution in [1.29, 1.82) is 0 Å². The Bertz CT molecular complexity index is 393. The Labute approximate surface area is 123 Å². The van der Waals surface area contributed by atoms with Crippen LogP contribution in [0.5, 0.6) is 0 Å². The molecule has 20 heavy (non-hydrogen) atoms. The van der Waals surface area contributed by atoms with Gasteiger partial charge >= 0.3 is 0 Å². The van der Waals surface area contributed by atoms with Crippen LogP contribution in [0.1, 0.15) is 38.4 Å². The van der Waals surface area contributed by atoms with Crippen LogP contribution < -0.4 is 10.2 Å². The zero-order valence-corrected chi connectivity index (χ0v) is 13.6. The fourth-order valence-corrected chi connectivity index (χ4v) is 2.21. The summed E-state index contributed by atoms with van der Waals surface area (Å²) in [5, 5.41) is 3.45. The lowest BCUT2D eigenvalue weighted by Gasteiger charge is -2.28. The molecule has 0 fully saturated rings. The molecule has 1 aromatic heterocycles. The van der Waals surface area contributed by atoms with Crippen molar-refractivity contribution in [1.82, 2.24) is 10.3 Å². The van der Waals surface area contributed by atoms with E-state index in [4.69, 9.17) is 4.74 Å². The molecule has 1 aromatic rings. The van der Waals surface area contributed by atoms with Crippen LogP contribution in [0.15, 0.2) is 12.1 Å². The van der Waals surface area contributed by atoms with Crippen molar-refractivity contribution < 1.29 is 4.74 Å². The summed E-state index contributed by atoms with van der Waals surface area (Å²) < 4.78 is 5.20. The average Bonchev–Trinajstić information content (AvgIpc) is 2.38. The molecular formula is C16H29N3O. The van der Waals surface area contributed by atoms with E-state index in [9.17, 15) is 0 Å². The van der Waals surface area contributed by atoms with E-state index in [-0.39, 0.29) is 0 Å². The molecule has 0 spiro atoms. The first kappa shape index (κ1) is 16.9. The van der Waals surface area contributed by atoms with Gasteiger partial charge < -0.3 is 15.0 Å². The third-order valence-corrected chi connectivity index (χ3v) is 3.21. The standard InChI is InChI=1S/C16H29N3O/c1-6-7-17-12-15-10-14(4)18-16(11-15)19(13(2)3)8-9-20-5/h10-11,13,17H,6-9,12H2,1-5H3. The Morgan fingerprint density at radius 3 is 2.70 bits per heavy atom. The molecule has 0 aliphatic carbocycles. The van der Waals surface area contributed by atoms with Crippen LogP contribution in [0.4, 0.5) is 5.82 Å². The summed E-state index contributed by atoms with van der Waals surface area (Å²) in [6.45, 7) is 12.2. The molecule has 1 heterocycles. The number of ether oxygens (including phenoxy) is 1. The summed E-state index contributed by atoms with van der Waals surface area (Å²) in [6.07, 6.45) is 1.16. The second-order valence-electron chi connectivity index (χ2n) is 5.43. The maximum absolute atomic E-state index is 5.20. The maximum atomic E-state index is 5.20. The average molecular weight is 279 g/mol. The van der Waals surface area contributed by atoms with Crippen LogP contribution >= 0.6 is 0 Å². The van der Waals surface area contributed by atoms with Crippen LogP contribution in [-0.4, -0.2) is 37.8 Å². The number of anilines is 1. The largest absolute Gasteiger partial charge is 0.383 e. The van der Waals surface area contributed by atoms with Crippen molar-refractivity contribution in [3.8, 4) is 0 Å². The van der Waals surface area contributed by atoms with Crippen LogP contribution in [0.2, 0.25) is 0 Å². The van der Waals surface area contributed by atoms with Gasteiger partial charge in [0.05, 0.1) is 6.61 Å². The lowest BCUT2D eigenvalue weighted by molar-refractivity contribution is 0.203. The highest BCUT2D eigenvalue weighted by atomic mass is 16.5. The second kappa shape index (κ2) is 8.93. The summed E-state index contributed by atoms with van der Waals surface area (Å²) >= 11 is 0. The number of nitrogens with one attached hydrogen (secondary N) is 1. The molecule has 0 unspecified atom stereocenters. The monoisotopic (exact) mass is 279 g/mol. The second-order valence-corrected chi connectivity index (χ2v) is 5.43. The minimum Gasteiger partial charge on any atom is -0.383 e. The van der Waals surface area contributed by atoms with Gasteiger partial charge in [0.1, 0.15) is 5.82 Å². The molecule has 0 radical (unpaired) electrons. The highest BCUT2D eigenvalue weighted by Gasteiger charge is 2.13. The number of pyridine rings is 1. The maximum Gasteiger partial charge on any atom is 0.129 e. The van der Waals surface area contributed by atoms with E-state index in [1.165, 1.54) is 5.56 Å². The van der Waals surface area contributed by atoms with E-state index in [1.807, 2.05) is 0 Å². The topological polar surface area (TPSA) is 37.4 Å². The Hall–Kier alpha value is -1.13. The van der Waals surface area contributed by atoms with Crippen molar-refractivity contribution >= 4 is 5.82 Å². The minimum atomic E-state index is 0.413. The van der Waals surface area contributed by atoms with Gasteiger partial charge in [-0.25, -0.2) is 4.98 Å². The molecule has 0 aromatic carbocycles. The lowest BCUT2D eigenvalue weighted by atomic mass is 10.2. The van der Waals surface area contributed by atoms with Gasteiger partial charge in [0, 0.05) is 31.9 Å². The first-order valence-electron chi connectivity index (χ1n) is 7.52. The molecule has 1 rings (SSSR count). The smallest absolute Gasteiger partial charge is 0.129 e. The van der Waals surface area contributed by atoms with E-state index < -0.39 is 0 Å². The lowest BCUT2D eigenvalue weighted by Crippen LogP contribution is -2.34. The van der Waals surface area contributed by atoms with Gasteiger partial charge in [0.2, 0.25) is 0 Å². The Kier molecular flexibility index (Phi) is 7.55. The summed E-state index contributed by atoms with van der Waals surface area (Å²) in [5.41, 5.74) is 2.36. The number of rotatable bonds is 9. The molecule has 0 aliphatic heterocycles. The SMILES string of the molecule is CCCNCc1cc(C)nc(N(CCOC)C(C)C)c1. The fourth-order valence-electron chi connectivity index (χ4n) is 2.21. The normalized spacial score (nSPS) is 11.1. The Balaban J connectivity index is 2.85. The first-order chi connectivity index (χ1) is 9.58. The fraction of sp³-hybridized carbons (Fsp3) is 0.688. The quantitative estimate of drug-likeness (QED) is 0.705. The molecule has 4 heteroatoms. The number of nitrogens with zero attached hydrogens (tertiary/aromatic N) is 2. The third-order valence-electron chi connectivity index (χ3n) is 3.21. The van der Waals surface area contributed by atoms with E-state index in [0.717, 1.165) is 44.2 Å². The summed E-state index contributed by atoms with van der Waals surface area (Å²) in [5.74, 6) is 1.05. The molecule has 0 aliphatic rings. The van der Waals surface area contributed by atoms with Crippen molar-refractivity contribution in [2.75, 3.05) is 31.7 Å². The zero-order valence-electron chi connectivity index (χ0n) is 13.6. The predicted octanol–water partition coefficient (Wildman–Crippen LogP) is 2.75. The highest BCUT2D eigenvalue weighted by molar-refractivity contribution is 5.43. The number of hydrogen-bond donors (Lipinski definition) is 1. The van der Waals surface area contributed by atoms with Gasteiger partial charge in [0.15, 0.2) is 0 Å². The number of methoxy groups -OCH3 is 1. The Morgan fingerprint density at radius 2 is 2.10 bits per heavy atom. The van der Waals surface area contributed by atoms with Crippen molar-refractivity contribution in [2.45, 2.75) is 46.7 Å². The van der Waals surface area contributed by atoms with Crippen LogP contribution in [0.3, 0.4) is 0 Å². The molecule has 0 atom stereocenters. The van der Waals surface area contributed by atoms with Gasteiger partial charge in [-0.1, -0.05) is 6.92 Å². The minimum absolute atomic E-state index is 0.413. The van der Waals surface area contributed by atoms with Crippen LogP contribution in [-0.2, 0) is 11.3 Å². The predicted molar refractivity (Wildman–Crippen MR) is 85.3 cm³/mol. The molecule has 0 amide bonds.